The molecule has 51 heavy (non-hydrogen) atoms. The molecule has 0 aromatic heterocycles. The van der Waals surface area contributed by atoms with Crippen LogP contribution >= 0.6 is 0 Å². The molecular formula is C34H58N3NaO13. The van der Waals surface area contributed by atoms with Gasteiger partial charge in [0.05, 0.1) is 39.9 Å². The summed E-state index contributed by atoms with van der Waals surface area (Å²) < 4.78 is 9.45. The van der Waals surface area contributed by atoms with Crippen molar-refractivity contribution in [1.82, 2.24) is 0 Å². The van der Waals surface area contributed by atoms with Crippen molar-refractivity contribution < 1.29 is 84.1 Å². The number of methoxy groups -OCH3 is 1. The predicted octanol–water partition coefficient (Wildman–Crippen LogP) is 4.10. The number of amides is 1. The van der Waals surface area contributed by atoms with Crippen LogP contribution < -0.4 is 40.0 Å². The zero-order chi connectivity index (χ0) is 36.7. The molecule has 0 radical (unpaired) electrons. The molecule has 0 heterocycles. The zero-order valence-electron chi connectivity index (χ0n) is 29.7. The number of nitro groups is 2. The average Bonchev–Trinajstić information content (AvgIpc) is 2.92. The van der Waals surface area contributed by atoms with Gasteiger partial charge >= 0.3 is 41.7 Å². The van der Waals surface area contributed by atoms with Crippen molar-refractivity contribution in [2.75, 3.05) is 14.2 Å². The number of rotatable bonds is 7. The van der Waals surface area contributed by atoms with Gasteiger partial charge in [-0.2, -0.15) is 0 Å². The molecule has 2 aromatic carbocycles. The summed E-state index contributed by atoms with van der Waals surface area (Å²) in [5.74, 6) is -2.28. The molecule has 2 rings (SSSR count). The number of nitrogens with two attached hydrogens (primary N) is 1. The Morgan fingerprint density at radius 1 is 0.706 bits per heavy atom. The number of nitrogens with zero attached hydrogens (tertiary/aromatic N) is 2. The molecule has 1 amide bonds. The number of hydrogen-bond acceptors (Lipinski definition) is 12. The molecule has 16 nitrogen and oxygen atoms in total. The summed E-state index contributed by atoms with van der Waals surface area (Å²) in [5, 5.41) is 48.7. The van der Waals surface area contributed by atoms with Crippen molar-refractivity contribution in [1.29, 1.82) is 0 Å². The van der Waals surface area contributed by atoms with Gasteiger partial charge in [-0.1, -0.05) is 63.8 Å². The van der Waals surface area contributed by atoms with Gasteiger partial charge in [-0.05, 0) is 50.7 Å². The van der Waals surface area contributed by atoms with Crippen LogP contribution in [0.15, 0.2) is 24.3 Å². The van der Waals surface area contributed by atoms with E-state index in [2.05, 4.69) is 4.74 Å². The van der Waals surface area contributed by atoms with Crippen molar-refractivity contribution >= 4 is 29.4 Å². The number of primary amides is 1. The topological polar surface area (TPSA) is 273 Å². The number of phenolic OH excluding ortho intramolecular Hbond substituents is 1. The number of benzene rings is 2. The molecule has 0 saturated carbocycles. The monoisotopic (exact) mass is 739 g/mol. The Morgan fingerprint density at radius 3 is 1.35 bits per heavy atom. The minimum absolute atomic E-state index is 0. The molecule has 0 aliphatic rings. The van der Waals surface area contributed by atoms with Crippen LogP contribution in [0.2, 0.25) is 0 Å². The average molecular weight is 740 g/mol. The van der Waals surface area contributed by atoms with Crippen molar-refractivity contribution in [3.63, 3.8) is 0 Å². The number of aliphatic carboxylic acids is 1. The number of nitro benzene ring substituents is 2. The van der Waals surface area contributed by atoms with Gasteiger partial charge in [0.15, 0.2) is 0 Å². The third kappa shape index (κ3) is 14.7. The maximum atomic E-state index is 11.8. The Labute approximate surface area is 323 Å². The number of carbonyl (C=O) groups excluding carboxylic acids is 2. The van der Waals surface area contributed by atoms with Gasteiger partial charge in [-0.25, -0.2) is 4.79 Å². The number of ether oxygens (including phenoxy) is 2. The van der Waals surface area contributed by atoms with Gasteiger partial charge in [-0.15, -0.1) is 0 Å². The van der Waals surface area contributed by atoms with E-state index in [0.717, 1.165) is 26.4 Å². The smallest absolute Gasteiger partial charge is 0.870 e. The largest absolute Gasteiger partial charge is 1.00 e. The molecule has 0 fully saturated rings. The summed E-state index contributed by atoms with van der Waals surface area (Å²) in [4.78, 5) is 56.0. The second-order valence-corrected chi connectivity index (χ2v) is 13.2. The summed E-state index contributed by atoms with van der Waals surface area (Å²) in [7, 11) is 2.11. The number of carboxylic acids is 1. The predicted molar refractivity (Wildman–Crippen MR) is 191 cm³/mol. The molecule has 17 heteroatoms. The van der Waals surface area contributed by atoms with Crippen molar-refractivity contribution in [2.24, 2.45) is 5.73 Å². The minimum Gasteiger partial charge on any atom is -0.870 e. The first-order valence-corrected chi connectivity index (χ1v) is 13.8. The van der Waals surface area contributed by atoms with E-state index in [4.69, 9.17) is 15.6 Å². The van der Waals surface area contributed by atoms with E-state index in [-0.39, 0.29) is 91.3 Å². The van der Waals surface area contributed by atoms with E-state index in [0.29, 0.717) is 11.1 Å². The summed E-state index contributed by atoms with van der Waals surface area (Å²) >= 11 is 0. The normalized spacial score (nSPS) is 10.5. The Kier molecular flexibility index (Phi) is 25.8. The van der Waals surface area contributed by atoms with Gasteiger partial charge in [0.1, 0.15) is 11.5 Å². The number of aliphatic hydroxyl groups is 1. The summed E-state index contributed by atoms with van der Waals surface area (Å²) in [6.07, 6.45) is -1.05. The molecule has 0 saturated heterocycles. The number of aromatic hydroxyl groups is 1. The third-order valence-corrected chi connectivity index (χ3v) is 7.08. The van der Waals surface area contributed by atoms with Gasteiger partial charge in [0.2, 0.25) is 5.91 Å². The number of aliphatic hydroxyl groups excluding tert-OH is 1. The quantitative estimate of drug-likeness (QED) is 0.102. The SMILES string of the molecule is C.C.C.CC(C)(C)c1cc(C(C)(C)C(=O)O)c(O)cc1[N+](=O)[O-].CO.COC(=O)Oc1cc([N+](=O)[O-])c(C(C)(C)C)cc1C(C)(C)C(N)=O.[Na+].[OH-]. The summed E-state index contributed by atoms with van der Waals surface area (Å²) in [6, 6.07) is 5.06. The van der Waals surface area contributed by atoms with Gasteiger partial charge in [0.25, 0.3) is 11.4 Å². The summed E-state index contributed by atoms with van der Waals surface area (Å²) in [6.45, 7) is 16.8. The van der Waals surface area contributed by atoms with E-state index < -0.39 is 49.5 Å². The van der Waals surface area contributed by atoms with Crippen LogP contribution in [0.4, 0.5) is 16.2 Å². The molecule has 0 unspecified atom stereocenters. The molecule has 288 valence electrons. The molecule has 2 aromatic rings. The van der Waals surface area contributed by atoms with Crippen LogP contribution in [-0.2, 0) is 36.0 Å². The maximum absolute atomic E-state index is 11.8. The molecule has 6 N–H and O–H groups in total. The first kappa shape index (κ1) is 59.3. The fourth-order valence-electron chi connectivity index (χ4n) is 4.10. The molecule has 0 aliphatic heterocycles. The molecule has 0 atom stereocenters. The van der Waals surface area contributed by atoms with Crippen molar-refractivity contribution in [2.45, 2.75) is 113 Å². The summed E-state index contributed by atoms with van der Waals surface area (Å²) in [5.41, 5.74) is 2.59. The van der Waals surface area contributed by atoms with Crippen LogP contribution in [0.5, 0.6) is 11.5 Å². The Balaban J connectivity index is -0.000000175. The number of carbonyl (C=O) groups is 3. The van der Waals surface area contributed by atoms with Crippen LogP contribution in [0.1, 0.15) is 114 Å². The number of phenols is 1. The number of hydrogen-bond donors (Lipinski definition) is 4. The van der Waals surface area contributed by atoms with E-state index in [1.165, 1.54) is 26.0 Å². The second-order valence-electron chi connectivity index (χ2n) is 13.2. The van der Waals surface area contributed by atoms with Crippen molar-refractivity contribution in [3.05, 3.63) is 66.7 Å². The first-order chi connectivity index (χ1) is 20.7. The molecule has 0 aliphatic carbocycles. The van der Waals surface area contributed by atoms with Gasteiger partial charge in [-0.3, -0.25) is 29.8 Å². The van der Waals surface area contributed by atoms with E-state index in [1.54, 1.807) is 55.4 Å². The van der Waals surface area contributed by atoms with Gasteiger partial charge in [0, 0.05) is 29.4 Å². The van der Waals surface area contributed by atoms with E-state index in [1.807, 2.05) is 0 Å². The maximum Gasteiger partial charge on any atom is 1.00 e. The third-order valence-electron chi connectivity index (χ3n) is 7.08. The van der Waals surface area contributed by atoms with Crippen LogP contribution in [0.25, 0.3) is 0 Å². The van der Waals surface area contributed by atoms with Gasteiger partial charge < -0.3 is 36.0 Å². The van der Waals surface area contributed by atoms with Crippen LogP contribution in [-0.4, -0.2) is 62.9 Å². The molecule has 0 bridgehead atoms. The van der Waals surface area contributed by atoms with Crippen LogP contribution in [0.3, 0.4) is 0 Å². The fourth-order valence-corrected chi connectivity index (χ4v) is 4.10. The van der Waals surface area contributed by atoms with Crippen LogP contribution in [0, 0.1) is 20.2 Å². The zero-order valence-corrected chi connectivity index (χ0v) is 31.7. The first-order valence-electron chi connectivity index (χ1n) is 13.8. The minimum atomic E-state index is -1.33. The van der Waals surface area contributed by atoms with E-state index >= 15 is 0 Å². The Bertz CT molecular complexity index is 1490. The number of carboxylic acid groups (broad SMARTS) is 1. The standard InChI is InChI=1S/C16H22N2O6.C14H19NO5.CH4O.3CH4.Na.H2O/c1-15(2,3)9-7-10(16(4,5)13(17)19)12(24-14(20)23-6)8-11(9)18(21)22;1-13(2,3)8-6-9(14(4,5)12(17)18)11(16)7-10(8)15(19)20;1-2;;;;;/h7-8H,1-6H3,(H2,17,19);6-7,16H,1-5H3,(H,17,18);2H,1H3;3*1H4;;1H2/q;;;;;;+1;/p-1. The van der Waals surface area contributed by atoms with E-state index in [9.17, 15) is 44.8 Å². The second kappa shape index (κ2) is 22.2. The van der Waals surface area contributed by atoms with Crippen molar-refractivity contribution in [3.8, 4) is 11.5 Å². The Hall–Kier alpha value is -3.83. The molecule has 0 spiro atoms. The molecular weight excluding hydrogens is 681 g/mol. The Morgan fingerprint density at radius 2 is 1.06 bits per heavy atom. The fraction of sp³-hybridized carbons (Fsp3) is 0.559.